The Bertz CT molecular complexity index is 125. The van der Waals surface area contributed by atoms with Gasteiger partial charge < -0.3 is 10.6 Å². The summed E-state index contributed by atoms with van der Waals surface area (Å²) in [5, 5.41) is 6.99. The predicted molar refractivity (Wildman–Crippen MR) is 53.3 cm³/mol. The Labute approximate surface area is 76.1 Å². The molecule has 3 unspecified atom stereocenters. The van der Waals surface area contributed by atoms with Crippen LogP contribution < -0.4 is 10.6 Å². The minimum atomic E-state index is 0.679. The summed E-state index contributed by atoms with van der Waals surface area (Å²) in [4.78, 5) is 0. The lowest BCUT2D eigenvalue weighted by molar-refractivity contribution is 0.392. The second-order valence-corrected chi connectivity index (χ2v) is 4.11. The maximum Gasteiger partial charge on any atom is 0.00362 e. The molecule has 0 aliphatic carbocycles. The van der Waals surface area contributed by atoms with E-state index in [0.29, 0.717) is 6.04 Å². The normalized spacial score (nSPS) is 32.2. The highest BCUT2D eigenvalue weighted by atomic mass is 15.0. The van der Waals surface area contributed by atoms with Gasteiger partial charge in [-0.3, -0.25) is 0 Å². The first-order valence-corrected chi connectivity index (χ1v) is 5.18. The SMILES string of the molecule is CCC(C)NCC1CNCC1C. The molecule has 0 spiro atoms. The molecule has 1 fully saturated rings. The quantitative estimate of drug-likeness (QED) is 0.663. The molecule has 0 aromatic heterocycles. The minimum absolute atomic E-state index is 0.679. The maximum absolute atomic E-state index is 3.56. The zero-order valence-corrected chi connectivity index (χ0v) is 8.56. The molecular weight excluding hydrogens is 148 g/mol. The Morgan fingerprint density at radius 3 is 2.75 bits per heavy atom. The van der Waals surface area contributed by atoms with Crippen molar-refractivity contribution in [1.29, 1.82) is 0 Å². The number of hydrogen-bond acceptors (Lipinski definition) is 2. The van der Waals surface area contributed by atoms with E-state index in [1.807, 2.05) is 0 Å². The molecule has 1 heterocycles. The fourth-order valence-electron chi connectivity index (χ4n) is 1.63. The number of nitrogens with one attached hydrogen (secondary N) is 2. The van der Waals surface area contributed by atoms with Crippen molar-refractivity contribution in [2.75, 3.05) is 19.6 Å². The summed E-state index contributed by atoms with van der Waals surface area (Å²) in [5.41, 5.74) is 0. The molecule has 3 atom stereocenters. The van der Waals surface area contributed by atoms with Crippen molar-refractivity contribution < 1.29 is 0 Å². The van der Waals surface area contributed by atoms with Gasteiger partial charge >= 0.3 is 0 Å². The predicted octanol–water partition coefficient (Wildman–Crippen LogP) is 1.23. The molecule has 0 aromatic carbocycles. The molecule has 0 saturated carbocycles. The second-order valence-electron chi connectivity index (χ2n) is 4.11. The van der Waals surface area contributed by atoms with Crippen molar-refractivity contribution in [2.45, 2.75) is 33.2 Å². The monoisotopic (exact) mass is 170 g/mol. The standard InChI is InChI=1S/C10H22N2/c1-4-9(3)12-7-10-6-11-5-8(10)2/h8-12H,4-7H2,1-3H3. The summed E-state index contributed by atoms with van der Waals surface area (Å²) in [7, 11) is 0. The summed E-state index contributed by atoms with van der Waals surface area (Å²) >= 11 is 0. The van der Waals surface area contributed by atoms with Gasteiger partial charge in [0.1, 0.15) is 0 Å². The van der Waals surface area contributed by atoms with Crippen LogP contribution in [0.2, 0.25) is 0 Å². The van der Waals surface area contributed by atoms with E-state index in [9.17, 15) is 0 Å². The van der Waals surface area contributed by atoms with Gasteiger partial charge in [-0.1, -0.05) is 13.8 Å². The molecule has 2 N–H and O–H groups in total. The van der Waals surface area contributed by atoms with Crippen molar-refractivity contribution in [3.8, 4) is 0 Å². The van der Waals surface area contributed by atoms with Crippen molar-refractivity contribution in [1.82, 2.24) is 10.6 Å². The number of rotatable bonds is 4. The summed E-state index contributed by atoms with van der Waals surface area (Å²) in [6, 6.07) is 0.679. The molecule has 1 saturated heterocycles. The van der Waals surface area contributed by atoms with Crippen molar-refractivity contribution in [2.24, 2.45) is 11.8 Å². The van der Waals surface area contributed by atoms with Gasteiger partial charge in [-0.2, -0.15) is 0 Å². The van der Waals surface area contributed by atoms with Gasteiger partial charge in [0.25, 0.3) is 0 Å². The highest BCUT2D eigenvalue weighted by molar-refractivity contribution is 4.80. The van der Waals surface area contributed by atoms with Gasteiger partial charge in [0.15, 0.2) is 0 Å². The highest BCUT2D eigenvalue weighted by Gasteiger charge is 2.22. The lowest BCUT2D eigenvalue weighted by Crippen LogP contribution is -2.33. The molecule has 12 heavy (non-hydrogen) atoms. The van der Waals surface area contributed by atoms with Gasteiger partial charge in [0, 0.05) is 6.04 Å². The van der Waals surface area contributed by atoms with Gasteiger partial charge in [-0.15, -0.1) is 0 Å². The van der Waals surface area contributed by atoms with Crippen LogP contribution in [0.4, 0.5) is 0 Å². The summed E-state index contributed by atoms with van der Waals surface area (Å²) in [6.45, 7) is 10.4. The van der Waals surface area contributed by atoms with E-state index in [4.69, 9.17) is 0 Å². The topological polar surface area (TPSA) is 24.1 Å². The van der Waals surface area contributed by atoms with E-state index in [-0.39, 0.29) is 0 Å². The van der Waals surface area contributed by atoms with E-state index in [2.05, 4.69) is 31.4 Å². The summed E-state index contributed by atoms with van der Waals surface area (Å²) in [5.74, 6) is 1.69. The lowest BCUT2D eigenvalue weighted by Gasteiger charge is -2.18. The van der Waals surface area contributed by atoms with Crippen LogP contribution in [-0.2, 0) is 0 Å². The molecule has 0 radical (unpaired) electrons. The van der Waals surface area contributed by atoms with Crippen LogP contribution in [0.1, 0.15) is 27.2 Å². The smallest absolute Gasteiger partial charge is 0.00362 e. The van der Waals surface area contributed by atoms with Crippen LogP contribution in [0.15, 0.2) is 0 Å². The maximum atomic E-state index is 3.56. The van der Waals surface area contributed by atoms with Crippen LogP contribution in [-0.4, -0.2) is 25.7 Å². The zero-order chi connectivity index (χ0) is 8.97. The van der Waals surface area contributed by atoms with E-state index in [0.717, 1.165) is 11.8 Å². The Morgan fingerprint density at radius 1 is 1.50 bits per heavy atom. The fourth-order valence-corrected chi connectivity index (χ4v) is 1.63. The Balaban J connectivity index is 2.13. The summed E-state index contributed by atoms with van der Waals surface area (Å²) in [6.07, 6.45) is 1.23. The van der Waals surface area contributed by atoms with Gasteiger partial charge in [-0.25, -0.2) is 0 Å². The molecular formula is C10H22N2. The number of hydrogen-bond donors (Lipinski definition) is 2. The van der Waals surface area contributed by atoms with Gasteiger partial charge in [0.05, 0.1) is 0 Å². The lowest BCUT2D eigenvalue weighted by atomic mass is 9.98. The Morgan fingerprint density at radius 2 is 2.25 bits per heavy atom. The Kier molecular flexibility index (Phi) is 4.02. The first-order chi connectivity index (χ1) is 5.74. The third-order valence-electron chi connectivity index (χ3n) is 3.02. The van der Waals surface area contributed by atoms with Crippen LogP contribution >= 0.6 is 0 Å². The molecule has 0 amide bonds. The van der Waals surface area contributed by atoms with E-state index in [1.165, 1.54) is 26.1 Å². The first kappa shape index (κ1) is 10.0. The average molecular weight is 170 g/mol. The summed E-state index contributed by atoms with van der Waals surface area (Å²) < 4.78 is 0. The third-order valence-corrected chi connectivity index (χ3v) is 3.02. The molecule has 1 aliphatic heterocycles. The van der Waals surface area contributed by atoms with Crippen molar-refractivity contribution >= 4 is 0 Å². The van der Waals surface area contributed by atoms with Crippen LogP contribution in [0.5, 0.6) is 0 Å². The van der Waals surface area contributed by atoms with Crippen LogP contribution in [0.25, 0.3) is 0 Å². The molecule has 2 heteroatoms. The van der Waals surface area contributed by atoms with Crippen molar-refractivity contribution in [3.05, 3.63) is 0 Å². The van der Waals surface area contributed by atoms with E-state index >= 15 is 0 Å². The largest absolute Gasteiger partial charge is 0.316 e. The Hall–Kier alpha value is -0.0800. The fraction of sp³-hybridized carbons (Fsp3) is 1.00. The zero-order valence-electron chi connectivity index (χ0n) is 8.56. The second kappa shape index (κ2) is 4.83. The van der Waals surface area contributed by atoms with Crippen molar-refractivity contribution in [3.63, 3.8) is 0 Å². The minimum Gasteiger partial charge on any atom is -0.316 e. The van der Waals surface area contributed by atoms with E-state index < -0.39 is 0 Å². The third kappa shape index (κ3) is 2.76. The van der Waals surface area contributed by atoms with Gasteiger partial charge in [-0.05, 0) is 44.8 Å². The van der Waals surface area contributed by atoms with Crippen LogP contribution in [0, 0.1) is 11.8 Å². The molecule has 0 bridgehead atoms. The molecule has 72 valence electrons. The van der Waals surface area contributed by atoms with Crippen LogP contribution in [0.3, 0.4) is 0 Å². The highest BCUT2D eigenvalue weighted by Crippen LogP contribution is 2.14. The average Bonchev–Trinajstić information content (AvgIpc) is 2.47. The molecule has 0 aromatic rings. The molecule has 1 aliphatic rings. The first-order valence-electron chi connectivity index (χ1n) is 5.18. The van der Waals surface area contributed by atoms with E-state index in [1.54, 1.807) is 0 Å². The molecule has 2 nitrogen and oxygen atoms in total. The van der Waals surface area contributed by atoms with Gasteiger partial charge in [0.2, 0.25) is 0 Å². The molecule has 1 rings (SSSR count).